The molecule has 1 aromatic heterocycles. The van der Waals surface area contributed by atoms with Gasteiger partial charge >= 0.3 is 6.18 Å². The summed E-state index contributed by atoms with van der Waals surface area (Å²) in [4.78, 5) is 10.2. The Kier molecular flexibility index (Phi) is 4.01. The Morgan fingerprint density at radius 2 is 1.71 bits per heavy atom. The molecule has 4 nitrogen and oxygen atoms in total. The highest BCUT2D eigenvalue weighted by Crippen LogP contribution is 2.34. The van der Waals surface area contributed by atoms with E-state index in [1.165, 1.54) is 0 Å². The Bertz CT molecular complexity index is 508. The van der Waals surface area contributed by atoms with Crippen molar-refractivity contribution < 1.29 is 13.2 Å². The fourth-order valence-electron chi connectivity index (χ4n) is 2.98. The number of rotatable bonds is 1. The molecule has 0 amide bonds. The number of halogens is 3. The lowest BCUT2D eigenvalue weighted by Gasteiger charge is -2.25. The van der Waals surface area contributed by atoms with Gasteiger partial charge in [0.1, 0.15) is 0 Å². The highest BCUT2D eigenvalue weighted by atomic mass is 19.4. The molecule has 7 heteroatoms. The van der Waals surface area contributed by atoms with Crippen molar-refractivity contribution in [3.05, 3.63) is 17.0 Å². The lowest BCUT2D eigenvalue weighted by Crippen LogP contribution is -2.32. The Balaban J connectivity index is 2.01. The number of alkyl halides is 3. The largest absolute Gasteiger partial charge is 0.433 e. The van der Waals surface area contributed by atoms with Gasteiger partial charge in [0.2, 0.25) is 5.95 Å². The van der Waals surface area contributed by atoms with Crippen LogP contribution in [0.1, 0.15) is 42.6 Å². The summed E-state index contributed by atoms with van der Waals surface area (Å²) in [5.74, 6) is 0.255. The topological polar surface area (TPSA) is 41.1 Å². The number of nitrogens with one attached hydrogen (secondary N) is 1. The summed E-state index contributed by atoms with van der Waals surface area (Å²) in [7, 11) is 0. The lowest BCUT2D eigenvalue weighted by atomic mass is 10.1. The summed E-state index contributed by atoms with van der Waals surface area (Å²) in [6.45, 7) is 2.36. The molecule has 0 spiro atoms. The van der Waals surface area contributed by atoms with Crippen molar-refractivity contribution in [3.63, 3.8) is 0 Å². The highest BCUT2D eigenvalue weighted by Gasteiger charge is 2.38. The van der Waals surface area contributed by atoms with Crippen LogP contribution in [0.5, 0.6) is 0 Å². The van der Waals surface area contributed by atoms with Gasteiger partial charge in [-0.1, -0.05) is 12.8 Å². The second kappa shape index (κ2) is 5.79. The zero-order valence-corrected chi connectivity index (χ0v) is 11.8. The number of aromatic nitrogens is 2. The smallest absolute Gasteiger partial charge is 0.341 e. The molecule has 1 saturated heterocycles. The van der Waals surface area contributed by atoms with Gasteiger partial charge in [0, 0.05) is 38.2 Å². The quantitative estimate of drug-likeness (QED) is 0.865. The van der Waals surface area contributed by atoms with Gasteiger partial charge in [-0.3, -0.25) is 0 Å². The van der Waals surface area contributed by atoms with Gasteiger partial charge in [-0.05, 0) is 12.8 Å². The van der Waals surface area contributed by atoms with Crippen LogP contribution in [0.25, 0.3) is 0 Å². The Labute approximate surface area is 121 Å². The van der Waals surface area contributed by atoms with Gasteiger partial charge < -0.3 is 10.2 Å². The second-order valence-corrected chi connectivity index (χ2v) is 5.62. The summed E-state index contributed by atoms with van der Waals surface area (Å²) in [6, 6.07) is 0. The molecule has 0 aromatic carbocycles. The predicted octanol–water partition coefficient (Wildman–Crippen LogP) is 2.52. The van der Waals surface area contributed by atoms with E-state index in [9.17, 15) is 13.2 Å². The van der Waals surface area contributed by atoms with Crippen LogP contribution in [0.2, 0.25) is 0 Å². The standard InChI is InChI=1S/C14H19F3N4/c15-14(16,17)12-10-9-18-6-5-11(10)19-13(20-12)21-7-3-1-2-4-8-21/h18H,1-9H2. The van der Waals surface area contributed by atoms with Crippen LogP contribution in [-0.4, -0.2) is 29.6 Å². The third kappa shape index (κ3) is 3.12. The van der Waals surface area contributed by atoms with Crippen molar-refractivity contribution in [2.24, 2.45) is 0 Å². The van der Waals surface area contributed by atoms with Crippen molar-refractivity contribution in [2.75, 3.05) is 24.5 Å². The van der Waals surface area contributed by atoms with Crippen molar-refractivity contribution >= 4 is 5.95 Å². The normalized spacial score (nSPS) is 20.0. The molecule has 0 unspecified atom stereocenters. The van der Waals surface area contributed by atoms with Gasteiger partial charge in [0.05, 0.1) is 5.69 Å². The molecular formula is C14H19F3N4. The van der Waals surface area contributed by atoms with E-state index in [1.54, 1.807) is 0 Å². The minimum atomic E-state index is -4.42. The van der Waals surface area contributed by atoms with Crippen LogP contribution in [0.4, 0.5) is 19.1 Å². The zero-order chi connectivity index (χ0) is 14.9. The number of fused-ring (bicyclic) bond motifs is 1. The maximum atomic E-state index is 13.3. The molecule has 1 aromatic rings. The molecule has 21 heavy (non-hydrogen) atoms. The second-order valence-electron chi connectivity index (χ2n) is 5.62. The molecule has 1 N–H and O–H groups in total. The minimum absolute atomic E-state index is 0.199. The summed E-state index contributed by atoms with van der Waals surface area (Å²) >= 11 is 0. The predicted molar refractivity (Wildman–Crippen MR) is 73.1 cm³/mol. The Morgan fingerprint density at radius 3 is 2.38 bits per heavy atom. The maximum absolute atomic E-state index is 13.3. The number of anilines is 1. The monoisotopic (exact) mass is 300 g/mol. The third-order valence-electron chi connectivity index (χ3n) is 4.08. The van der Waals surface area contributed by atoms with Gasteiger partial charge in [-0.25, -0.2) is 9.97 Å². The number of hydrogen-bond acceptors (Lipinski definition) is 4. The molecular weight excluding hydrogens is 281 g/mol. The zero-order valence-electron chi connectivity index (χ0n) is 11.8. The van der Waals surface area contributed by atoms with E-state index in [0.717, 1.165) is 38.8 Å². The number of hydrogen-bond donors (Lipinski definition) is 1. The van der Waals surface area contributed by atoms with E-state index in [-0.39, 0.29) is 18.1 Å². The van der Waals surface area contributed by atoms with Crippen molar-refractivity contribution in [1.29, 1.82) is 0 Å². The van der Waals surface area contributed by atoms with E-state index in [1.807, 2.05) is 4.90 Å². The molecule has 0 aliphatic carbocycles. The van der Waals surface area contributed by atoms with Gasteiger partial charge in [-0.2, -0.15) is 13.2 Å². The molecule has 2 aliphatic rings. The molecule has 3 rings (SSSR count). The van der Waals surface area contributed by atoms with Crippen LogP contribution >= 0.6 is 0 Å². The molecule has 1 fully saturated rings. The summed E-state index contributed by atoms with van der Waals surface area (Å²) in [6.07, 6.45) is 0.329. The molecule has 0 saturated carbocycles. The molecule has 116 valence electrons. The lowest BCUT2D eigenvalue weighted by molar-refractivity contribution is -0.142. The van der Waals surface area contributed by atoms with E-state index in [4.69, 9.17) is 0 Å². The molecule has 2 aliphatic heterocycles. The van der Waals surface area contributed by atoms with Crippen LogP contribution in [0.3, 0.4) is 0 Å². The van der Waals surface area contributed by atoms with Crippen LogP contribution < -0.4 is 10.2 Å². The minimum Gasteiger partial charge on any atom is -0.341 e. The Hall–Kier alpha value is -1.37. The maximum Gasteiger partial charge on any atom is 0.433 e. The van der Waals surface area contributed by atoms with Gasteiger partial charge in [-0.15, -0.1) is 0 Å². The highest BCUT2D eigenvalue weighted by molar-refractivity contribution is 5.39. The van der Waals surface area contributed by atoms with Crippen molar-refractivity contribution in [2.45, 2.75) is 44.8 Å². The molecule has 0 bridgehead atoms. The van der Waals surface area contributed by atoms with Crippen molar-refractivity contribution in [3.8, 4) is 0 Å². The van der Waals surface area contributed by atoms with Crippen LogP contribution in [0.15, 0.2) is 0 Å². The average Bonchev–Trinajstić information content (AvgIpc) is 2.74. The van der Waals surface area contributed by atoms with E-state index >= 15 is 0 Å². The number of nitrogens with zero attached hydrogens (tertiary/aromatic N) is 3. The molecule has 0 atom stereocenters. The van der Waals surface area contributed by atoms with Crippen LogP contribution in [-0.2, 0) is 19.1 Å². The summed E-state index contributed by atoms with van der Waals surface area (Å²) in [5, 5.41) is 2.97. The fourth-order valence-corrected chi connectivity index (χ4v) is 2.98. The average molecular weight is 300 g/mol. The first-order valence-electron chi connectivity index (χ1n) is 7.48. The third-order valence-corrected chi connectivity index (χ3v) is 4.08. The molecule has 0 radical (unpaired) electrons. The Morgan fingerprint density at radius 1 is 1.00 bits per heavy atom. The van der Waals surface area contributed by atoms with Gasteiger partial charge in [0.15, 0.2) is 5.69 Å². The summed E-state index contributed by atoms with van der Waals surface area (Å²) < 4.78 is 39.8. The first kappa shape index (κ1) is 14.6. The molecule has 3 heterocycles. The van der Waals surface area contributed by atoms with E-state index < -0.39 is 11.9 Å². The van der Waals surface area contributed by atoms with E-state index in [2.05, 4.69) is 15.3 Å². The first-order valence-corrected chi connectivity index (χ1v) is 7.48. The van der Waals surface area contributed by atoms with Crippen molar-refractivity contribution in [1.82, 2.24) is 15.3 Å². The van der Waals surface area contributed by atoms with E-state index in [0.29, 0.717) is 18.7 Å². The van der Waals surface area contributed by atoms with Crippen LogP contribution in [0, 0.1) is 0 Å². The summed E-state index contributed by atoms with van der Waals surface area (Å²) in [5.41, 5.74) is 0.00147. The SMILES string of the molecule is FC(F)(F)c1nc(N2CCCCCC2)nc2c1CNCC2. The fraction of sp³-hybridized carbons (Fsp3) is 0.714. The van der Waals surface area contributed by atoms with Gasteiger partial charge in [0.25, 0.3) is 0 Å². The first-order chi connectivity index (χ1) is 10.1.